The van der Waals surface area contributed by atoms with Crippen molar-refractivity contribution in [3.8, 4) is 5.75 Å². The van der Waals surface area contributed by atoms with Crippen molar-refractivity contribution in [2.45, 2.75) is 18.1 Å². The van der Waals surface area contributed by atoms with Gasteiger partial charge in [0.2, 0.25) is 0 Å². The minimum atomic E-state index is -0.169. The lowest BCUT2D eigenvalue weighted by Gasteiger charge is -2.09. The molecule has 1 heterocycles. The van der Waals surface area contributed by atoms with Gasteiger partial charge in [0.25, 0.3) is 5.91 Å². The highest BCUT2D eigenvalue weighted by Crippen LogP contribution is 2.20. The number of ketones is 1. The summed E-state index contributed by atoms with van der Waals surface area (Å²) < 4.78 is 7.94. The Morgan fingerprint density at radius 2 is 1.81 bits per heavy atom. The topological polar surface area (TPSA) is 86.1 Å². The van der Waals surface area contributed by atoms with E-state index in [-0.39, 0.29) is 17.4 Å². The third kappa shape index (κ3) is 6.30. The third-order valence-corrected chi connectivity index (χ3v) is 6.09. The van der Waals surface area contributed by atoms with E-state index in [1.54, 1.807) is 49.6 Å². The number of carbonyl (C=O) groups is 2. The molecule has 0 saturated carbocycles. The zero-order valence-corrected chi connectivity index (χ0v) is 20.0. The molecule has 0 atom stereocenters. The zero-order valence-electron chi connectivity index (χ0n) is 17.6. The molecule has 0 aliphatic heterocycles. The minimum Gasteiger partial charge on any atom is -0.497 e. The average molecular weight is 515 g/mol. The fourth-order valence-electron chi connectivity index (χ4n) is 2.90. The molecule has 1 aromatic heterocycles. The quantitative estimate of drug-likeness (QED) is 0.234. The molecule has 0 aliphatic rings. The number of aromatic nitrogens is 3. The summed E-state index contributed by atoms with van der Waals surface area (Å²) in [6, 6.07) is 14.2. The molecule has 0 aliphatic carbocycles. The maximum atomic E-state index is 12.5. The Labute approximate surface area is 199 Å². The molecular weight excluding hydrogens is 492 g/mol. The van der Waals surface area contributed by atoms with Gasteiger partial charge in [0.1, 0.15) is 11.6 Å². The Morgan fingerprint density at radius 1 is 1.12 bits per heavy atom. The number of benzene rings is 2. The van der Waals surface area contributed by atoms with E-state index in [2.05, 4.69) is 38.0 Å². The normalized spacial score (nSPS) is 10.6. The standard InChI is InChI=1S/C23H23BrN4O3S/c1-3-14-28-21(12-13-25-22(30)17-6-10-19(31-2)11-7-17)26-27-23(28)32-15-20(29)16-4-8-18(24)9-5-16/h3-11H,1,12-15H2,2H3,(H,25,30). The number of Topliss-reactive ketones (excluding diaryl/α,β-unsaturated/α-hetero) is 1. The second kappa shape index (κ2) is 11.6. The molecule has 0 fully saturated rings. The Balaban J connectivity index is 1.57. The van der Waals surface area contributed by atoms with Crippen molar-refractivity contribution in [1.82, 2.24) is 20.1 Å². The lowest BCUT2D eigenvalue weighted by molar-refractivity contribution is 0.0952. The number of ether oxygens (including phenoxy) is 1. The van der Waals surface area contributed by atoms with E-state index in [1.165, 1.54) is 11.8 Å². The van der Waals surface area contributed by atoms with Crippen molar-refractivity contribution in [1.29, 1.82) is 0 Å². The van der Waals surface area contributed by atoms with Crippen LogP contribution in [0.2, 0.25) is 0 Å². The molecule has 9 heteroatoms. The minimum absolute atomic E-state index is 0.0176. The van der Waals surface area contributed by atoms with Crippen LogP contribution in [0.25, 0.3) is 0 Å². The van der Waals surface area contributed by atoms with Crippen molar-refractivity contribution in [2.75, 3.05) is 19.4 Å². The molecule has 1 amide bonds. The van der Waals surface area contributed by atoms with Crippen LogP contribution in [0.5, 0.6) is 5.75 Å². The smallest absolute Gasteiger partial charge is 0.251 e. The fourth-order valence-corrected chi connectivity index (χ4v) is 4.03. The van der Waals surface area contributed by atoms with Crippen LogP contribution in [-0.4, -0.2) is 45.9 Å². The monoisotopic (exact) mass is 514 g/mol. The molecule has 0 bridgehead atoms. The molecule has 7 nitrogen and oxygen atoms in total. The lowest BCUT2D eigenvalue weighted by Crippen LogP contribution is -2.26. The summed E-state index contributed by atoms with van der Waals surface area (Å²) in [4.78, 5) is 24.8. The number of methoxy groups -OCH3 is 1. The van der Waals surface area contributed by atoms with E-state index in [9.17, 15) is 9.59 Å². The van der Waals surface area contributed by atoms with E-state index in [0.29, 0.717) is 41.5 Å². The largest absolute Gasteiger partial charge is 0.497 e. The van der Waals surface area contributed by atoms with Crippen molar-refractivity contribution in [3.05, 3.63) is 82.6 Å². The van der Waals surface area contributed by atoms with Crippen molar-refractivity contribution >= 4 is 39.4 Å². The van der Waals surface area contributed by atoms with Crippen LogP contribution < -0.4 is 10.1 Å². The van der Waals surface area contributed by atoms with E-state index >= 15 is 0 Å². The first-order valence-corrected chi connectivity index (χ1v) is 11.7. The van der Waals surface area contributed by atoms with Gasteiger partial charge in [0.05, 0.1) is 12.9 Å². The van der Waals surface area contributed by atoms with Crippen molar-refractivity contribution < 1.29 is 14.3 Å². The molecular formula is C23H23BrN4O3S. The summed E-state index contributed by atoms with van der Waals surface area (Å²) in [5, 5.41) is 12.0. The maximum absolute atomic E-state index is 12.5. The Morgan fingerprint density at radius 3 is 2.47 bits per heavy atom. The van der Waals surface area contributed by atoms with Crippen LogP contribution in [-0.2, 0) is 13.0 Å². The summed E-state index contributed by atoms with van der Waals surface area (Å²) in [5.41, 5.74) is 1.21. The zero-order chi connectivity index (χ0) is 22.9. The summed E-state index contributed by atoms with van der Waals surface area (Å²) in [6.07, 6.45) is 2.26. The van der Waals surface area contributed by atoms with Gasteiger partial charge in [-0.3, -0.25) is 9.59 Å². The maximum Gasteiger partial charge on any atom is 0.251 e. The van der Waals surface area contributed by atoms with Gasteiger partial charge >= 0.3 is 0 Å². The highest BCUT2D eigenvalue weighted by Gasteiger charge is 2.15. The Kier molecular flexibility index (Phi) is 8.64. The van der Waals surface area contributed by atoms with Crippen LogP contribution in [0.3, 0.4) is 0 Å². The molecule has 0 radical (unpaired) electrons. The second-order valence-electron chi connectivity index (χ2n) is 6.75. The Hall–Kier alpha value is -2.91. The number of carbonyl (C=O) groups excluding carboxylic acids is 2. The average Bonchev–Trinajstić information content (AvgIpc) is 3.19. The molecule has 166 valence electrons. The molecule has 1 N–H and O–H groups in total. The highest BCUT2D eigenvalue weighted by molar-refractivity contribution is 9.10. The summed E-state index contributed by atoms with van der Waals surface area (Å²) in [6.45, 7) is 4.72. The van der Waals surface area contributed by atoms with E-state index in [4.69, 9.17) is 4.74 Å². The number of halogens is 1. The third-order valence-electron chi connectivity index (χ3n) is 4.59. The molecule has 3 aromatic rings. The van der Waals surface area contributed by atoms with Crippen LogP contribution >= 0.6 is 27.7 Å². The van der Waals surface area contributed by atoms with Crippen molar-refractivity contribution in [2.24, 2.45) is 0 Å². The van der Waals surface area contributed by atoms with Gasteiger partial charge in [-0.05, 0) is 36.4 Å². The van der Waals surface area contributed by atoms with Gasteiger partial charge in [0, 0.05) is 35.1 Å². The number of thioether (sulfide) groups is 1. The Bertz CT molecular complexity index is 1080. The van der Waals surface area contributed by atoms with E-state index in [0.717, 1.165) is 10.3 Å². The number of hydrogen-bond donors (Lipinski definition) is 1. The number of nitrogens with one attached hydrogen (secondary N) is 1. The number of hydrogen-bond acceptors (Lipinski definition) is 6. The van der Waals surface area contributed by atoms with Crippen LogP contribution in [0.4, 0.5) is 0 Å². The highest BCUT2D eigenvalue weighted by atomic mass is 79.9. The van der Waals surface area contributed by atoms with Crippen LogP contribution in [0, 0.1) is 0 Å². The summed E-state index contributed by atoms with van der Waals surface area (Å²) in [7, 11) is 1.58. The number of nitrogens with zero attached hydrogens (tertiary/aromatic N) is 3. The molecule has 3 rings (SSSR count). The van der Waals surface area contributed by atoms with Crippen LogP contribution in [0.1, 0.15) is 26.5 Å². The lowest BCUT2D eigenvalue weighted by atomic mass is 10.2. The number of rotatable bonds is 11. The summed E-state index contributed by atoms with van der Waals surface area (Å²) in [5.74, 6) is 1.52. The molecule has 0 unspecified atom stereocenters. The fraction of sp³-hybridized carbons (Fsp3) is 0.217. The second-order valence-corrected chi connectivity index (χ2v) is 8.61. The van der Waals surface area contributed by atoms with Gasteiger partial charge in [0.15, 0.2) is 10.9 Å². The first-order chi connectivity index (χ1) is 15.5. The van der Waals surface area contributed by atoms with E-state index in [1.807, 2.05) is 16.7 Å². The van der Waals surface area contributed by atoms with Gasteiger partial charge in [-0.25, -0.2) is 0 Å². The van der Waals surface area contributed by atoms with Crippen LogP contribution in [0.15, 0.2) is 70.8 Å². The van der Waals surface area contributed by atoms with Gasteiger partial charge < -0.3 is 14.6 Å². The number of amides is 1. The molecule has 2 aromatic carbocycles. The SMILES string of the molecule is C=CCn1c(CCNC(=O)c2ccc(OC)cc2)nnc1SCC(=O)c1ccc(Br)cc1. The number of allylic oxidation sites excluding steroid dienone is 1. The van der Waals surface area contributed by atoms with Gasteiger partial charge in [-0.1, -0.05) is 45.9 Å². The molecule has 0 spiro atoms. The summed E-state index contributed by atoms with van der Waals surface area (Å²) >= 11 is 4.71. The predicted molar refractivity (Wildman–Crippen MR) is 128 cm³/mol. The predicted octanol–water partition coefficient (Wildman–Crippen LogP) is 4.18. The molecule has 0 saturated heterocycles. The van der Waals surface area contributed by atoms with Crippen molar-refractivity contribution in [3.63, 3.8) is 0 Å². The van der Waals surface area contributed by atoms with Gasteiger partial charge in [-0.15, -0.1) is 16.8 Å². The van der Waals surface area contributed by atoms with Gasteiger partial charge in [-0.2, -0.15) is 0 Å². The molecule has 32 heavy (non-hydrogen) atoms. The van der Waals surface area contributed by atoms with E-state index < -0.39 is 0 Å². The first-order valence-electron chi connectivity index (χ1n) is 9.88. The first kappa shape index (κ1) is 23.7.